The van der Waals surface area contributed by atoms with Crippen molar-refractivity contribution in [3.05, 3.63) is 59.4 Å². The second-order valence-corrected chi connectivity index (χ2v) is 6.77. The lowest BCUT2D eigenvalue weighted by Gasteiger charge is -2.11. The molecule has 0 unspecified atom stereocenters. The van der Waals surface area contributed by atoms with Gasteiger partial charge in [-0.25, -0.2) is 4.68 Å². The van der Waals surface area contributed by atoms with Crippen LogP contribution in [0.3, 0.4) is 0 Å². The molecule has 1 saturated heterocycles. The summed E-state index contributed by atoms with van der Waals surface area (Å²) in [4.78, 5) is 4.49. The molecule has 3 heterocycles. The van der Waals surface area contributed by atoms with Crippen LogP contribution in [0, 0.1) is 11.3 Å². The Labute approximate surface area is 163 Å². The van der Waals surface area contributed by atoms with Crippen molar-refractivity contribution in [1.29, 1.82) is 5.26 Å². The molecule has 1 atom stereocenters. The third kappa shape index (κ3) is 3.60. The number of hydrogen-bond donors (Lipinski definition) is 1. The lowest BCUT2D eigenvalue weighted by atomic mass is 10.1. The van der Waals surface area contributed by atoms with E-state index in [0.29, 0.717) is 36.3 Å². The summed E-state index contributed by atoms with van der Waals surface area (Å²) in [6.45, 7) is 1.88. The van der Waals surface area contributed by atoms with E-state index >= 15 is 0 Å². The molecule has 0 amide bonds. The smallest absolute Gasteiger partial charge is 0.217 e. The van der Waals surface area contributed by atoms with Crippen LogP contribution in [0.25, 0.3) is 11.3 Å². The highest BCUT2D eigenvalue weighted by atomic mass is 16.5. The number of ether oxygens (including phenoxy) is 2. The zero-order valence-corrected chi connectivity index (χ0v) is 15.6. The first-order valence-corrected chi connectivity index (χ1v) is 9.17. The number of pyridine rings is 1. The van der Waals surface area contributed by atoms with Crippen LogP contribution >= 0.6 is 0 Å². The highest BCUT2D eigenvalue weighted by Gasteiger charge is 2.22. The molecule has 7 nitrogen and oxygen atoms in total. The summed E-state index contributed by atoms with van der Waals surface area (Å²) in [5.41, 5.74) is 9.64. The van der Waals surface area contributed by atoms with E-state index in [4.69, 9.17) is 15.2 Å². The molecule has 0 radical (unpaired) electrons. The normalized spacial score (nSPS) is 16.1. The number of aromatic nitrogens is 3. The monoisotopic (exact) mass is 375 g/mol. The summed E-state index contributed by atoms with van der Waals surface area (Å²) >= 11 is 0. The fraction of sp³-hybridized carbons (Fsp3) is 0.286. The molecule has 0 bridgehead atoms. The molecule has 1 aliphatic heterocycles. The fourth-order valence-corrected chi connectivity index (χ4v) is 3.24. The van der Waals surface area contributed by atoms with E-state index < -0.39 is 0 Å². The maximum atomic E-state index is 9.29. The molecule has 28 heavy (non-hydrogen) atoms. The first-order valence-electron chi connectivity index (χ1n) is 9.17. The number of hydrogen-bond acceptors (Lipinski definition) is 6. The van der Waals surface area contributed by atoms with Crippen LogP contribution in [0.4, 0.5) is 0 Å². The molecule has 2 N–H and O–H groups in total. The molecule has 142 valence electrons. The largest absolute Gasteiger partial charge is 0.439 e. The van der Waals surface area contributed by atoms with Crippen molar-refractivity contribution < 1.29 is 9.47 Å². The van der Waals surface area contributed by atoms with Gasteiger partial charge in [0.05, 0.1) is 29.6 Å². The van der Waals surface area contributed by atoms with Gasteiger partial charge in [0.2, 0.25) is 5.88 Å². The Balaban J connectivity index is 1.69. The molecule has 1 aromatic carbocycles. The SMILES string of the molecule is Cn1nc([C@@H]2CCOC2)cc1Oc1cc(C#N)ccc1-c1ccc(CN)cn1. The van der Waals surface area contributed by atoms with Crippen molar-refractivity contribution in [2.24, 2.45) is 12.8 Å². The van der Waals surface area contributed by atoms with Gasteiger partial charge in [-0.05, 0) is 36.2 Å². The number of nitrogens with two attached hydrogens (primary N) is 1. The molecule has 0 saturated carbocycles. The van der Waals surface area contributed by atoms with Gasteiger partial charge in [-0.2, -0.15) is 10.4 Å². The van der Waals surface area contributed by atoms with Crippen molar-refractivity contribution in [3.8, 4) is 29.0 Å². The summed E-state index contributed by atoms with van der Waals surface area (Å²) < 4.78 is 13.3. The minimum absolute atomic E-state index is 0.291. The Hall–Kier alpha value is -3.21. The summed E-state index contributed by atoms with van der Waals surface area (Å²) in [7, 11) is 1.84. The molecule has 1 aliphatic rings. The van der Waals surface area contributed by atoms with E-state index in [2.05, 4.69) is 16.2 Å². The minimum atomic E-state index is 0.291. The maximum absolute atomic E-state index is 9.29. The van der Waals surface area contributed by atoms with Gasteiger partial charge in [0.15, 0.2) is 0 Å². The van der Waals surface area contributed by atoms with Crippen LogP contribution in [0.1, 0.15) is 29.2 Å². The molecule has 4 rings (SSSR count). The van der Waals surface area contributed by atoms with Gasteiger partial charge in [0.1, 0.15) is 5.75 Å². The lowest BCUT2D eigenvalue weighted by Crippen LogP contribution is -2.00. The molecule has 3 aromatic rings. The van der Waals surface area contributed by atoms with Crippen LogP contribution < -0.4 is 10.5 Å². The van der Waals surface area contributed by atoms with Gasteiger partial charge in [-0.15, -0.1) is 0 Å². The molecule has 0 spiro atoms. The number of nitriles is 1. The molecule has 2 aromatic heterocycles. The zero-order chi connectivity index (χ0) is 19.5. The Kier molecular flexibility index (Phi) is 5.06. The van der Waals surface area contributed by atoms with Crippen LogP contribution in [0.15, 0.2) is 42.6 Å². The van der Waals surface area contributed by atoms with Gasteiger partial charge in [-0.3, -0.25) is 4.98 Å². The standard InChI is InChI=1S/C21H21N5O2/c1-26-21(9-19(25-26)16-6-7-27-13-16)28-20-8-14(10-22)2-4-17(20)18-5-3-15(11-23)12-24-18/h2-5,8-9,12,16H,6-7,11,13,23H2,1H3/t16-/m1/s1. The van der Waals surface area contributed by atoms with Gasteiger partial charge in [0, 0.05) is 43.9 Å². The van der Waals surface area contributed by atoms with E-state index in [1.165, 1.54) is 0 Å². The highest BCUT2D eigenvalue weighted by molar-refractivity contribution is 5.69. The number of benzene rings is 1. The predicted molar refractivity (Wildman–Crippen MR) is 104 cm³/mol. The second kappa shape index (κ2) is 7.80. The summed E-state index contributed by atoms with van der Waals surface area (Å²) in [6.07, 6.45) is 2.71. The lowest BCUT2D eigenvalue weighted by molar-refractivity contribution is 0.193. The zero-order valence-electron chi connectivity index (χ0n) is 15.6. The van der Waals surface area contributed by atoms with Gasteiger partial charge in [-0.1, -0.05) is 6.07 Å². The Bertz CT molecular complexity index is 1010. The van der Waals surface area contributed by atoms with Crippen molar-refractivity contribution >= 4 is 0 Å². The molecule has 7 heteroatoms. The van der Waals surface area contributed by atoms with Gasteiger partial charge >= 0.3 is 0 Å². The third-order valence-corrected chi connectivity index (χ3v) is 4.87. The average Bonchev–Trinajstić information content (AvgIpc) is 3.38. The van der Waals surface area contributed by atoms with Crippen molar-refractivity contribution in [3.63, 3.8) is 0 Å². The minimum Gasteiger partial charge on any atom is -0.439 e. The topological polar surface area (TPSA) is 99.0 Å². The quantitative estimate of drug-likeness (QED) is 0.736. The van der Waals surface area contributed by atoms with E-state index in [1.54, 1.807) is 23.0 Å². The van der Waals surface area contributed by atoms with Crippen LogP contribution in [0.2, 0.25) is 0 Å². The second-order valence-electron chi connectivity index (χ2n) is 6.77. The first kappa shape index (κ1) is 18.2. The number of aryl methyl sites for hydroxylation is 1. The highest BCUT2D eigenvalue weighted by Crippen LogP contribution is 2.35. The van der Waals surface area contributed by atoms with Crippen molar-refractivity contribution in [1.82, 2.24) is 14.8 Å². The van der Waals surface area contributed by atoms with E-state index in [9.17, 15) is 5.26 Å². The third-order valence-electron chi connectivity index (χ3n) is 4.87. The summed E-state index contributed by atoms with van der Waals surface area (Å²) in [5.74, 6) is 1.46. The summed E-state index contributed by atoms with van der Waals surface area (Å²) in [6, 6.07) is 13.3. The Morgan fingerprint density at radius 2 is 2.21 bits per heavy atom. The van der Waals surface area contributed by atoms with E-state index in [0.717, 1.165) is 35.5 Å². The predicted octanol–water partition coefficient (Wildman–Crippen LogP) is 3.11. The van der Waals surface area contributed by atoms with Gasteiger partial charge in [0.25, 0.3) is 0 Å². The van der Waals surface area contributed by atoms with Crippen molar-refractivity contribution in [2.45, 2.75) is 18.9 Å². The van der Waals surface area contributed by atoms with Crippen molar-refractivity contribution in [2.75, 3.05) is 13.2 Å². The maximum Gasteiger partial charge on any atom is 0.217 e. The molecular weight excluding hydrogens is 354 g/mol. The van der Waals surface area contributed by atoms with E-state index in [1.807, 2.05) is 31.3 Å². The first-order chi connectivity index (χ1) is 13.7. The molecule has 0 aliphatic carbocycles. The van der Waals surface area contributed by atoms with E-state index in [-0.39, 0.29) is 0 Å². The van der Waals surface area contributed by atoms with Gasteiger partial charge < -0.3 is 15.2 Å². The number of nitrogens with zero attached hydrogens (tertiary/aromatic N) is 4. The Morgan fingerprint density at radius 1 is 1.32 bits per heavy atom. The fourth-order valence-electron chi connectivity index (χ4n) is 3.24. The Morgan fingerprint density at radius 3 is 2.89 bits per heavy atom. The molecular formula is C21H21N5O2. The van der Waals surface area contributed by atoms with Crippen LogP contribution in [-0.2, 0) is 18.3 Å². The average molecular weight is 375 g/mol. The van der Waals surface area contributed by atoms with Crippen LogP contribution in [-0.4, -0.2) is 28.0 Å². The van der Waals surface area contributed by atoms with Crippen LogP contribution in [0.5, 0.6) is 11.6 Å². The summed E-state index contributed by atoms with van der Waals surface area (Å²) in [5, 5.41) is 13.9. The number of rotatable bonds is 5. The molecule has 1 fully saturated rings.